The Kier molecular flexibility index (Phi) is 5.91. The predicted octanol–water partition coefficient (Wildman–Crippen LogP) is 4.27. The first-order valence-corrected chi connectivity index (χ1v) is 11.0. The number of piperidine rings is 1. The average molecular weight is 438 g/mol. The lowest BCUT2D eigenvalue weighted by atomic mass is 9.97. The molecule has 2 amide bonds. The number of hydrogen-bond acceptors (Lipinski definition) is 4. The molecule has 0 aromatic heterocycles. The van der Waals surface area contributed by atoms with Gasteiger partial charge in [-0.25, -0.2) is 4.90 Å². The number of anilines is 1. The molecular formula is C25H28ClN3O2. The number of carbonyl (C=O) groups is 2. The molecular weight excluding hydrogens is 410 g/mol. The third-order valence-electron chi connectivity index (χ3n) is 6.53. The molecule has 0 atom stereocenters. The lowest BCUT2D eigenvalue weighted by Crippen LogP contribution is -2.43. The van der Waals surface area contributed by atoms with Crippen LogP contribution in [0.4, 0.5) is 5.69 Å². The third kappa shape index (κ3) is 4.00. The summed E-state index contributed by atoms with van der Waals surface area (Å²) in [6.07, 6.45) is 1.91. The molecule has 4 rings (SSSR count). The Hall–Kier alpha value is -2.63. The van der Waals surface area contributed by atoms with Crippen molar-refractivity contribution in [2.45, 2.75) is 32.7 Å². The van der Waals surface area contributed by atoms with E-state index in [4.69, 9.17) is 11.6 Å². The van der Waals surface area contributed by atoms with E-state index in [1.54, 1.807) is 24.3 Å². The molecule has 5 nitrogen and oxygen atoms in total. The summed E-state index contributed by atoms with van der Waals surface area (Å²) in [4.78, 5) is 32.9. The fourth-order valence-corrected chi connectivity index (χ4v) is 4.52. The van der Waals surface area contributed by atoms with Gasteiger partial charge in [0.2, 0.25) is 0 Å². The van der Waals surface area contributed by atoms with Gasteiger partial charge in [-0.2, -0.15) is 0 Å². The summed E-state index contributed by atoms with van der Waals surface area (Å²) in [5.74, 6) is -0.563. The van der Waals surface area contributed by atoms with Gasteiger partial charge in [-0.05, 0) is 87.8 Å². The minimum Gasteiger partial charge on any atom is -0.366 e. The lowest BCUT2D eigenvalue weighted by molar-refractivity contribution is -0.120. The van der Waals surface area contributed by atoms with E-state index in [1.165, 1.54) is 4.90 Å². The monoisotopic (exact) mass is 437 g/mol. The summed E-state index contributed by atoms with van der Waals surface area (Å²) < 4.78 is 0. The van der Waals surface area contributed by atoms with Crippen molar-refractivity contribution < 1.29 is 9.59 Å². The van der Waals surface area contributed by atoms with Crippen LogP contribution in [0.2, 0.25) is 5.02 Å². The Bertz CT molecular complexity index is 1050. The minimum absolute atomic E-state index is 0.217. The first kappa shape index (κ1) is 21.6. The molecule has 2 aromatic carbocycles. The van der Waals surface area contributed by atoms with Gasteiger partial charge in [0, 0.05) is 18.1 Å². The van der Waals surface area contributed by atoms with E-state index in [0.29, 0.717) is 22.0 Å². The zero-order valence-electron chi connectivity index (χ0n) is 18.5. The van der Waals surface area contributed by atoms with Gasteiger partial charge in [-0.3, -0.25) is 9.59 Å². The van der Waals surface area contributed by atoms with Crippen LogP contribution in [0.3, 0.4) is 0 Å². The Morgan fingerprint density at radius 1 is 0.935 bits per heavy atom. The summed E-state index contributed by atoms with van der Waals surface area (Å²) >= 11 is 6.03. The average Bonchev–Trinajstić information content (AvgIpc) is 3.01. The van der Waals surface area contributed by atoms with E-state index in [2.05, 4.69) is 11.9 Å². The van der Waals surface area contributed by atoms with Crippen molar-refractivity contribution >= 4 is 34.7 Å². The molecule has 2 aliphatic rings. The molecule has 0 N–H and O–H groups in total. The maximum absolute atomic E-state index is 13.6. The zero-order valence-corrected chi connectivity index (χ0v) is 19.2. The van der Waals surface area contributed by atoms with E-state index in [-0.39, 0.29) is 17.9 Å². The molecule has 0 bridgehead atoms. The molecule has 6 heteroatoms. The maximum Gasteiger partial charge on any atom is 0.282 e. The molecule has 1 saturated heterocycles. The number of halogens is 1. The van der Waals surface area contributed by atoms with Crippen molar-refractivity contribution in [3.63, 3.8) is 0 Å². The normalized spacial score (nSPS) is 18.3. The topological polar surface area (TPSA) is 43.9 Å². The molecule has 162 valence electrons. The number of nitrogens with zero attached hydrogens (tertiary/aromatic N) is 3. The number of aryl methyl sites for hydroxylation is 2. The number of likely N-dealkylation sites (tertiary alicyclic amines) is 1. The number of carbonyl (C=O) groups excluding carboxylic acids is 2. The number of imide groups is 1. The molecule has 2 aliphatic heterocycles. The first-order chi connectivity index (χ1) is 14.8. The first-order valence-electron chi connectivity index (χ1n) is 10.7. The predicted molar refractivity (Wildman–Crippen MR) is 125 cm³/mol. The third-order valence-corrected chi connectivity index (χ3v) is 6.78. The number of hydrogen-bond donors (Lipinski definition) is 0. The van der Waals surface area contributed by atoms with Crippen LogP contribution in [0.1, 0.15) is 29.5 Å². The van der Waals surface area contributed by atoms with Gasteiger partial charge < -0.3 is 9.80 Å². The van der Waals surface area contributed by atoms with Crippen LogP contribution in [0.15, 0.2) is 48.2 Å². The maximum atomic E-state index is 13.6. The second kappa shape index (κ2) is 8.48. The van der Waals surface area contributed by atoms with Crippen LogP contribution in [-0.4, -0.2) is 54.8 Å². The van der Waals surface area contributed by atoms with Gasteiger partial charge >= 0.3 is 0 Å². The highest BCUT2D eigenvalue weighted by molar-refractivity contribution is 6.45. The van der Waals surface area contributed by atoms with E-state index in [0.717, 1.165) is 42.6 Å². The highest BCUT2D eigenvalue weighted by Crippen LogP contribution is 2.36. The summed E-state index contributed by atoms with van der Waals surface area (Å²) in [6, 6.07) is 13.0. The van der Waals surface area contributed by atoms with Gasteiger partial charge in [0.05, 0.1) is 11.3 Å². The zero-order chi connectivity index (χ0) is 22.3. The van der Waals surface area contributed by atoms with Gasteiger partial charge in [-0.1, -0.05) is 29.8 Å². The summed E-state index contributed by atoms with van der Waals surface area (Å²) in [5, 5.41) is 0.564. The van der Waals surface area contributed by atoms with Crippen molar-refractivity contribution in [3.8, 4) is 0 Å². The van der Waals surface area contributed by atoms with Crippen molar-refractivity contribution in [3.05, 3.63) is 69.9 Å². The molecule has 0 unspecified atom stereocenters. The standard InChI is InChI=1S/C25H28ClN3O2/c1-16-5-6-18(15-17(16)2)22-23(28(4)20-11-13-27(3)14-12-20)25(31)29(24(22)30)21-9-7-19(26)8-10-21/h5-10,15,20H,11-14H2,1-4H3. The lowest BCUT2D eigenvalue weighted by Gasteiger charge is -2.36. The molecule has 0 radical (unpaired) electrons. The highest BCUT2D eigenvalue weighted by Gasteiger charge is 2.43. The highest BCUT2D eigenvalue weighted by atomic mass is 35.5. The Balaban J connectivity index is 1.80. The fraction of sp³-hybridized carbons (Fsp3) is 0.360. The van der Waals surface area contributed by atoms with E-state index >= 15 is 0 Å². The van der Waals surface area contributed by atoms with Crippen LogP contribution < -0.4 is 4.90 Å². The number of benzene rings is 2. The second-order valence-corrected chi connectivity index (χ2v) is 9.03. The molecule has 31 heavy (non-hydrogen) atoms. The molecule has 0 saturated carbocycles. The van der Waals surface area contributed by atoms with E-state index < -0.39 is 0 Å². The second-order valence-electron chi connectivity index (χ2n) is 8.59. The molecule has 0 aliphatic carbocycles. The van der Waals surface area contributed by atoms with Crippen LogP contribution in [0.5, 0.6) is 0 Å². The van der Waals surface area contributed by atoms with Crippen molar-refractivity contribution in [2.75, 3.05) is 32.1 Å². The van der Waals surface area contributed by atoms with Gasteiger partial charge in [0.1, 0.15) is 5.70 Å². The summed E-state index contributed by atoms with van der Waals surface area (Å²) in [7, 11) is 4.06. The number of rotatable bonds is 4. The Morgan fingerprint density at radius 3 is 2.19 bits per heavy atom. The Labute approximate surface area is 188 Å². The Morgan fingerprint density at radius 2 is 1.58 bits per heavy atom. The van der Waals surface area contributed by atoms with Crippen molar-refractivity contribution in [1.82, 2.24) is 9.80 Å². The van der Waals surface area contributed by atoms with E-state index in [9.17, 15) is 9.59 Å². The van der Waals surface area contributed by atoms with Gasteiger partial charge in [-0.15, -0.1) is 0 Å². The van der Waals surface area contributed by atoms with E-state index in [1.807, 2.05) is 44.0 Å². The number of likely N-dealkylation sites (N-methyl/N-ethyl adjacent to an activating group) is 1. The number of amides is 2. The van der Waals surface area contributed by atoms with Crippen LogP contribution in [-0.2, 0) is 9.59 Å². The molecule has 2 aromatic rings. The van der Waals surface area contributed by atoms with Crippen molar-refractivity contribution in [1.29, 1.82) is 0 Å². The molecule has 1 fully saturated rings. The van der Waals surface area contributed by atoms with Crippen molar-refractivity contribution in [2.24, 2.45) is 0 Å². The SMILES string of the molecule is Cc1ccc(C2=C(N(C)C3CCN(C)CC3)C(=O)N(c3ccc(Cl)cc3)C2=O)cc1C. The molecule has 0 spiro atoms. The van der Waals surface area contributed by atoms with Gasteiger partial charge in [0.15, 0.2) is 0 Å². The smallest absolute Gasteiger partial charge is 0.282 e. The van der Waals surface area contributed by atoms with Crippen LogP contribution in [0.25, 0.3) is 5.57 Å². The summed E-state index contributed by atoms with van der Waals surface area (Å²) in [5.41, 5.74) is 4.53. The molecule has 2 heterocycles. The fourth-order valence-electron chi connectivity index (χ4n) is 4.39. The van der Waals surface area contributed by atoms with Crippen LogP contribution >= 0.6 is 11.6 Å². The minimum atomic E-state index is -0.287. The van der Waals surface area contributed by atoms with Crippen LogP contribution in [0, 0.1) is 13.8 Å². The quantitative estimate of drug-likeness (QED) is 0.670. The summed E-state index contributed by atoms with van der Waals surface area (Å²) in [6.45, 7) is 6.02. The largest absolute Gasteiger partial charge is 0.366 e. The van der Waals surface area contributed by atoms with Gasteiger partial charge in [0.25, 0.3) is 11.8 Å².